The molecule has 122 valence electrons. The van der Waals surface area contributed by atoms with Gasteiger partial charge in [-0.2, -0.15) is 4.80 Å². The van der Waals surface area contributed by atoms with Crippen LogP contribution in [0, 0.1) is 0 Å². The fraction of sp³-hybridized carbons (Fsp3) is 0.176. The van der Waals surface area contributed by atoms with Crippen molar-refractivity contribution in [2.75, 3.05) is 12.3 Å². The molecule has 0 radical (unpaired) electrons. The van der Waals surface area contributed by atoms with E-state index in [4.69, 9.17) is 5.73 Å². The first kappa shape index (κ1) is 15.7. The van der Waals surface area contributed by atoms with Crippen molar-refractivity contribution < 1.29 is 4.79 Å². The third-order valence-corrected chi connectivity index (χ3v) is 3.49. The molecule has 24 heavy (non-hydrogen) atoms. The maximum Gasteiger partial charge on any atom is 0.243 e. The van der Waals surface area contributed by atoms with Crippen molar-refractivity contribution in [1.29, 1.82) is 0 Å². The summed E-state index contributed by atoms with van der Waals surface area (Å²) in [6, 6.07) is 17.2. The molecule has 1 heterocycles. The van der Waals surface area contributed by atoms with Gasteiger partial charge in [0.2, 0.25) is 11.7 Å². The first-order chi connectivity index (χ1) is 11.7. The number of hydrogen-bond donors (Lipinski definition) is 2. The molecule has 3 aromatic rings. The van der Waals surface area contributed by atoms with E-state index in [9.17, 15) is 4.79 Å². The lowest BCUT2D eigenvalue weighted by Gasteiger charge is -2.04. The number of nitrogens with two attached hydrogens (primary N) is 1. The summed E-state index contributed by atoms with van der Waals surface area (Å²) in [4.78, 5) is 13.2. The molecule has 0 spiro atoms. The minimum absolute atomic E-state index is 0.0385. The van der Waals surface area contributed by atoms with E-state index in [1.807, 2.05) is 42.5 Å². The SMILES string of the molecule is Nc1ccc(-c2nnn(CC(=O)NCCc3ccccc3)n2)cc1. The lowest BCUT2D eigenvalue weighted by Crippen LogP contribution is -2.30. The van der Waals surface area contributed by atoms with Crippen LogP contribution < -0.4 is 11.1 Å². The van der Waals surface area contributed by atoms with E-state index in [-0.39, 0.29) is 12.5 Å². The van der Waals surface area contributed by atoms with Crippen molar-refractivity contribution >= 4 is 11.6 Å². The third-order valence-electron chi connectivity index (χ3n) is 3.49. The Morgan fingerprint density at radius 2 is 1.83 bits per heavy atom. The predicted molar refractivity (Wildman–Crippen MR) is 90.8 cm³/mol. The van der Waals surface area contributed by atoms with E-state index in [2.05, 4.69) is 20.7 Å². The van der Waals surface area contributed by atoms with Gasteiger partial charge in [-0.05, 0) is 41.5 Å². The number of anilines is 1. The summed E-state index contributed by atoms with van der Waals surface area (Å²) in [5.74, 6) is 0.319. The highest BCUT2D eigenvalue weighted by atomic mass is 16.2. The highest BCUT2D eigenvalue weighted by Gasteiger charge is 2.09. The van der Waals surface area contributed by atoms with Gasteiger partial charge in [-0.15, -0.1) is 10.2 Å². The van der Waals surface area contributed by atoms with Gasteiger partial charge >= 0.3 is 0 Å². The zero-order valence-corrected chi connectivity index (χ0v) is 13.1. The zero-order valence-electron chi connectivity index (χ0n) is 13.1. The van der Waals surface area contributed by atoms with Crippen molar-refractivity contribution in [2.24, 2.45) is 0 Å². The summed E-state index contributed by atoms with van der Waals surface area (Å²) in [5, 5.41) is 14.9. The highest BCUT2D eigenvalue weighted by Crippen LogP contribution is 2.14. The van der Waals surface area contributed by atoms with Crippen molar-refractivity contribution in [2.45, 2.75) is 13.0 Å². The van der Waals surface area contributed by atoms with Gasteiger partial charge in [0.05, 0.1) is 0 Å². The number of hydrogen-bond acceptors (Lipinski definition) is 5. The van der Waals surface area contributed by atoms with E-state index in [0.717, 1.165) is 12.0 Å². The van der Waals surface area contributed by atoms with Gasteiger partial charge in [-0.25, -0.2) is 0 Å². The van der Waals surface area contributed by atoms with Crippen LogP contribution in [0.25, 0.3) is 11.4 Å². The number of nitrogens with zero attached hydrogens (tertiary/aromatic N) is 4. The van der Waals surface area contributed by atoms with Crippen molar-refractivity contribution in [3.63, 3.8) is 0 Å². The average Bonchev–Trinajstić information content (AvgIpc) is 3.05. The summed E-state index contributed by atoms with van der Waals surface area (Å²) < 4.78 is 0. The maximum absolute atomic E-state index is 11.9. The summed E-state index contributed by atoms with van der Waals surface area (Å²) >= 11 is 0. The van der Waals surface area contributed by atoms with Crippen LogP contribution in [0.3, 0.4) is 0 Å². The molecule has 0 atom stereocenters. The Labute approximate surface area is 139 Å². The lowest BCUT2D eigenvalue weighted by atomic mass is 10.1. The topological polar surface area (TPSA) is 98.7 Å². The standard InChI is InChI=1S/C17H18N6O/c18-15-8-6-14(7-9-15)17-20-22-23(21-17)12-16(24)19-11-10-13-4-2-1-3-5-13/h1-9H,10-12,18H2,(H,19,24). The molecule has 7 heteroatoms. The smallest absolute Gasteiger partial charge is 0.243 e. The second-order valence-corrected chi connectivity index (χ2v) is 5.35. The number of carbonyl (C=O) groups excluding carboxylic acids is 1. The Balaban J connectivity index is 1.51. The van der Waals surface area contributed by atoms with Gasteiger partial charge in [0.1, 0.15) is 6.54 Å². The van der Waals surface area contributed by atoms with E-state index in [1.54, 1.807) is 12.1 Å². The molecular formula is C17H18N6O. The number of aromatic nitrogens is 4. The number of rotatable bonds is 6. The van der Waals surface area contributed by atoms with E-state index >= 15 is 0 Å². The minimum Gasteiger partial charge on any atom is -0.399 e. The molecular weight excluding hydrogens is 304 g/mol. The summed E-state index contributed by atoms with van der Waals surface area (Å²) in [6.07, 6.45) is 0.786. The quantitative estimate of drug-likeness (QED) is 0.666. The molecule has 0 aliphatic carbocycles. The predicted octanol–water partition coefficient (Wildman–Crippen LogP) is 1.28. The number of carbonyl (C=O) groups is 1. The Bertz CT molecular complexity index is 797. The number of benzene rings is 2. The van der Waals surface area contributed by atoms with Crippen LogP contribution in [0.2, 0.25) is 0 Å². The van der Waals surface area contributed by atoms with Crippen LogP contribution in [0.4, 0.5) is 5.69 Å². The van der Waals surface area contributed by atoms with E-state index < -0.39 is 0 Å². The highest BCUT2D eigenvalue weighted by molar-refractivity contribution is 5.75. The number of amides is 1. The first-order valence-corrected chi connectivity index (χ1v) is 7.65. The number of nitrogens with one attached hydrogen (secondary N) is 1. The molecule has 1 amide bonds. The van der Waals surface area contributed by atoms with Gasteiger partial charge in [-0.3, -0.25) is 4.79 Å². The van der Waals surface area contributed by atoms with E-state index in [1.165, 1.54) is 10.4 Å². The summed E-state index contributed by atoms with van der Waals surface area (Å²) in [5.41, 5.74) is 8.31. The second kappa shape index (κ2) is 7.36. The molecule has 3 rings (SSSR count). The second-order valence-electron chi connectivity index (χ2n) is 5.35. The number of tetrazole rings is 1. The monoisotopic (exact) mass is 322 g/mol. The fourth-order valence-corrected chi connectivity index (χ4v) is 2.23. The van der Waals surface area contributed by atoms with Crippen molar-refractivity contribution in [3.05, 3.63) is 60.2 Å². The van der Waals surface area contributed by atoms with Gasteiger partial charge in [0.25, 0.3) is 0 Å². The van der Waals surface area contributed by atoms with Crippen LogP contribution >= 0.6 is 0 Å². The molecule has 0 fully saturated rings. The Hall–Kier alpha value is -3.22. The van der Waals surface area contributed by atoms with Gasteiger partial charge in [0, 0.05) is 17.8 Å². The molecule has 2 aromatic carbocycles. The summed E-state index contributed by atoms with van der Waals surface area (Å²) in [7, 11) is 0. The minimum atomic E-state index is -0.146. The average molecular weight is 322 g/mol. The molecule has 0 saturated heterocycles. The molecule has 0 unspecified atom stereocenters. The van der Waals surface area contributed by atoms with Crippen LogP contribution in [0.1, 0.15) is 5.56 Å². The van der Waals surface area contributed by atoms with Gasteiger partial charge in [0.15, 0.2) is 0 Å². The fourth-order valence-electron chi connectivity index (χ4n) is 2.23. The van der Waals surface area contributed by atoms with Crippen LogP contribution in [-0.4, -0.2) is 32.7 Å². The van der Waals surface area contributed by atoms with Crippen LogP contribution in [0.15, 0.2) is 54.6 Å². The Morgan fingerprint density at radius 1 is 1.08 bits per heavy atom. The molecule has 0 bridgehead atoms. The van der Waals surface area contributed by atoms with Crippen molar-refractivity contribution in [3.8, 4) is 11.4 Å². The lowest BCUT2D eigenvalue weighted by molar-refractivity contribution is -0.122. The number of nitrogen functional groups attached to an aromatic ring is 1. The largest absolute Gasteiger partial charge is 0.399 e. The third kappa shape index (κ3) is 4.16. The molecule has 0 aliphatic rings. The Kier molecular flexibility index (Phi) is 4.81. The van der Waals surface area contributed by atoms with Crippen LogP contribution in [0.5, 0.6) is 0 Å². The molecule has 0 saturated carbocycles. The molecule has 1 aromatic heterocycles. The molecule has 0 aliphatic heterocycles. The normalized spacial score (nSPS) is 10.5. The maximum atomic E-state index is 11.9. The van der Waals surface area contributed by atoms with Gasteiger partial charge < -0.3 is 11.1 Å². The molecule has 7 nitrogen and oxygen atoms in total. The van der Waals surface area contributed by atoms with E-state index in [0.29, 0.717) is 18.1 Å². The first-order valence-electron chi connectivity index (χ1n) is 7.65. The van der Waals surface area contributed by atoms with Crippen molar-refractivity contribution in [1.82, 2.24) is 25.5 Å². The summed E-state index contributed by atoms with van der Waals surface area (Å²) in [6.45, 7) is 0.610. The van der Waals surface area contributed by atoms with Gasteiger partial charge in [-0.1, -0.05) is 30.3 Å². The molecule has 3 N–H and O–H groups in total. The zero-order chi connectivity index (χ0) is 16.8. The Morgan fingerprint density at radius 3 is 2.58 bits per heavy atom. The van der Waals surface area contributed by atoms with Crippen LogP contribution in [-0.2, 0) is 17.8 Å².